The lowest BCUT2D eigenvalue weighted by Crippen LogP contribution is -2.47. The van der Waals surface area contributed by atoms with Crippen molar-refractivity contribution in [1.29, 1.82) is 0 Å². The Morgan fingerprint density at radius 3 is 2.36 bits per heavy atom. The number of pyridine rings is 1. The maximum Gasteiger partial charge on any atom is 0.410 e. The van der Waals surface area contributed by atoms with Crippen LogP contribution in [0.25, 0.3) is 11.0 Å². The Bertz CT molecular complexity index is 1360. The standard InChI is InChI=1S/C37H59N7O3/c1-36(2,3)21-14-12-10-8-7-9-11-13-15-25-46-28-44-24-20-31-32(41-34(42-33(31)44)40-29-18-16-22-38-26-29)39-30-19-17-23-43(27-30)35(45)47-37(4,5)6/h16,18,20,22,24,26,30H,7-15,17,19,21,23,25,27-28H2,1-6H3,(H2,39,40,41,42)/t30-/m1/s1. The fourth-order valence-electron chi connectivity index (χ4n) is 5.94. The van der Waals surface area contributed by atoms with Gasteiger partial charge in [-0.1, -0.05) is 72.1 Å². The number of rotatable bonds is 17. The van der Waals surface area contributed by atoms with Gasteiger partial charge in [-0.15, -0.1) is 0 Å². The van der Waals surface area contributed by atoms with Crippen LogP contribution >= 0.6 is 0 Å². The molecule has 0 aromatic carbocycles. The molecule has 1 fully saturated rings. The summed E-state index contributed by atoms with van der Waals surface area (Å²) < 4.78 is 13.8. The van der Waals surface area contributed by atoms with E-state index in [1.807, 2.05) is 49.7 Å². The lowest BCUT2D eigenvalue weighted by atomic mass is 9.89. The van der Waals surface area contributed by atoms with E-state index in [2.05, 4.69) is 36.4 Å². The number of ether oxygens (including phenoxy) is 2. The minimum atomic E-state index is -0.528. The van der Waals surface area contributed by atoms with Gasteiger partial charge in [0.1, 0.15) is 23.8 Å². The summed E-state index contributed by atoms with van der Waals surface area (Å²) in [5, 5.41) is 7.84. The number of carbonyl (C=O) groups is 1. The summed E-state index contributed by atoms with van der Waals surface area (Å²) in [5.74, 6) is 1.20. The molecule has 3 aromatic rings. The van der Waals surface area contributed by atoms with Gasteiger partial charge in [-0.3, -0.25) is 4.98 Å². The van der Waals surface area contributed by atoms with Gasteiger partial charge in [0.2, 0.25) is 5.95 Å². The second-order valence-electron chi connectivity index (χ2n) is 15.2. The van der Waals surface area contributed by atoms with Crippen LogP contribution in [0.5, 0.6) is 0 Å². The van der Waals surface area contributed by atoms with Gasteiger partial charge in [-0.25, -0.2) is 4.79 Å². The number of aromatic nitrogens is 4. The molecular weight excluding hydrogens is 590 g/mol. The van der Waals surface area contributed by atoms with Crippen LogP contribution < -0.4 is 10.6 Å². The Hall–Kier alpha value is -3.40. The Kier molecular flexibility index (Phi) is 13.7. The summed E-state index contributed by atoms with van der Waals surface area (Å²) >= 11 is 0. The third-order valence-electron chi connectivity index (χ3n) is 8.40. The Morgan fingerprint density at radius 2 is 1.68 bits per heavy atom. The summed E-state index contributed by atoms with van der Waals surface area (Å²) in [6.07, 6.45) is 20.0. The second kappa shape index (κ2) is 17.7. The van der Waals surface area contributed by atoms with Gasteiger partial charge in [-0.05, 0) is 70.1 Å². The number of anilines is 3. The first-order valence-corrected chi connectivity index (χ1v) is 17.8. The largest absolute Gasteiger partial charge is 0.444 e. The van der Waals surface area contributed by atoms with Crippen LogP contribution in [0.1, 0.15) is 119 Å². The Labute approximate surface area is 282 Å². The lowest BCUT2D eigenvalue weighted by Gasteiger charge is -2.34. The molecule has 0 bridgehead atoms. The fourth-order valence-corrected chi connectivity index (χ4v) is 5.94. The number of unbranched alkanes of at least 4 members (excludes halogenated alkanes) is 8. The molecule has 2 N–H and O–H groups in total. The number of nitrogens with zero attached hydrogens (tertiary/aromatic N) is 5. The fraction of sp³-hybridized carbons (Fsp3) is 0.676. The average Bonchev–Trinajstić information content (AvgIpc) is 3.42. The van der Waals surface area contributed by atoms with Crippen molar-refractivity contribution in [2.75, 3.05) is 30.3 Å². The molecule has 1 amide bonds. The van der Waals surface area contributed by atoms with E-state index in [0.717, 1.165) is 48.4 Å². The van der Waals surface area contributed by atoms with E-state index >= 15 is 0 Å². The first-order valence-electron chi connectivity index (χ1n) is 17.8. The highest BCUT2D eigenvalue weighted by Crippen LogP contribution is 2.27. The van der Waals surface area contributed by atoms with Gasteiger partial charge in [0.15, 0.2) is 0 Å². The third-order valence-corrected chi connectivity index (χ3v) is 8.40. The van der Waals surface area contributed by atoms with E-state index in [4.69, 9.17) is 19.4 Å². The van der Waals surface area contributed by atoms with E-state index in [0.29, 0.717) is 31.2 Å². The van der Waals surface area contributed by atoms with Gasteiger partial charge >= 0.3 is 6.09 Å². The van der Waals surface area contributed by atoms with Crippen molar-refractivity contribution in [3.63, 3.8) is 0 Å². The second-order valence-corrected chi connectivity index (χ2v) is 15.2. The summed E-state index contributed by atoms with van der Waals surface area (Å²) in [4.78, 5) is 28.5. The molecule has 1 aliphatic rings. The zero-order valence-corrected chi connectivity index (χ0v) is 29.8. The Morgan fingerprint density at radius 1 is 0.957 bits per heavy atom. The monoisotopic (exact) mass is 649 g/mol. The molecule has 260 valence electrons. The minimum Gasteiger partial charge on any atom is -0.444 e. The predicted octanol–water partition coefficient (Wildman–Crippen LogP) is 9.30. The number of carbonyl (C=O) groups excluding carboxylic acids is 1. The maximum atomic E-state index is 12.8. The van der Waals surface area contributed by atoms with E-state index in [-0.39, 0.29) is 12.1 Å². The number of hydrogen-bond donors (Lipinski definition) is 2. The number of nitrogens with one attached hydrogen (secondary N) is 2. The molecule has 1 saturated heterocycles. The number of piperidine rings is 1. The summed E-state index contributed by atoms with van der Waals surface area (Å²) in [7, 11) is 0. The highest BCUT2D eigenvalue weighted by atomic mass is 16.6. The van der Waals surface area contributed by atoms with Crippen LogP contribution in [-0.4, -0.2) is 61.9 Å². The highest BCUT2D eigenvalue weighted by molar-refractivity contribution is 5.89. The van der Waals surface area contributed by atoms with Crippen molar-refractivity contribution in [2.24, 2.45) is 5.41 Å². The molecule has 0 radical (unpaired) electrons. The highest BCUT2D eigenvalue weighted by Gasteiger charge is 2.28. The smallest absolute Gasteiger partial charge is 0.410 e. The first kappa shape index (κ1) is 36.4. The molecule has 0 spiro atoms. The zero-order chi connectivity index (χ0) is 33.7. The summed E-state index contributed by atoms with van der Waals surface area (Å²) in [6.45, 7) is 15.1. The number of hydrogen-bond acceptors (Lipinski definition) is 8. The number of fused-ring (bicyclic) bond motifs is 1. The molecule has 10 nitrogen and oxygen atoms in total. The van der Waals surface area contributed by atoms with Crippen molar-refractivity contribution < 1.29 is 14.3 Å². The molecule has 47 heavy (non-hydrogen) atoms. The van der Waals surface area contributed by atoms with Gasteiger partial charge in [0.25, 0.3) is 0 Å². The molecule has 0 unspecified atom stereocenters. The quantitative estimate of drug-likeness (QED) is 0.139. The molecule has 0 aliphatic carbocycles. The van der Waals surface area contributed by atoms with Crippen molar-refractivity contribution in [3.8, 4) is 0 Å². The normalized spacial score (nSPS) is 15.6. The van der Waals surface area contributed by atoms with E-state index in [1.54, 1.807) is 17.3 Å². The van der Waals surface area contributed by atoms with Crippen LogP contribution in [-0.2, 0) is 16.2 Å². The summed E-state index contributed by atoms with van der Waals surface area (Å²) in [6, 6.07) is 5.88. The van der Waals surface area contributed by atoms with Crippen molar-refractivity contribution in [2.45, 2.75) is 137 Å². The third kappa shape index (κ3) is 13.0. The SMILES string of the molecule is CC(C)(C)CCCCCCCCCCCOCn1ccc2c(N[C@@H]3CCCN(C(=O)OC(C)(C)C)C3)nc(Nc3cccnc3)nc21. The molecular formula is C37H59N7O3. The first-order chi connectivity index (χ1) is 22.5. The topological polar surface area (TPSA) is 106 Å². The Balaban J connectivity index is 1.29. The van der Waals surface area contributed by atoms with Crippen LogP contribution in [0.2, 0.25) is 0 Å². The predicted molar refractivity (Wildman–Crippen MR) is 191 cm³/mol. The minimum absolute atomic E-state index is 0.0358. The molecule has 3 aromatic heterocycles. The van der Waals surface area contributed by atoms with Gasteiger partial charge < -0.3 is 29.6 Å². The van der Waals surface area contributed by atoms with Crippen LogP contribution in [0.15, 0.2) is 36.8 Å². The summed E-state index contributed by atoms with van der Waals surface area (Å²) in [5.41, 5.74) is 1.53. The zero-order valence-electron chi connectivity index (χ0n) is 29.8. The molecule has 4 heterocycles. The van der Waals surface area contributed by atoms with Gasteiger partial charge in [0.05, 0.1) is 17.3 Å². The molecule has 0 saturated carbocycles. The maximum absolute atomic E-state index is 12.8. The molecule has 1 atom stereocenters. The van der Waals surface area contributed by atoms with Gasteiger partial charge in [-0.2, -0.15) is 9.97 Å². The van der Waals surface area contributed by atoms with E-state index in [9.17, 15) is 4.79 Å². The molecule has 4 rings (SSSR count). The average molecular weight is 650 g/mol. The van der Waals surface area contributed by atoms with Crippen molar-refractivity contribution in [3.05, 3.63) is 36.8 Å². The van der Waals surface area contributed by atoms with Crippen molar-refractivity contribution >= 4 is 34.6 Å². The van der Waals surface area contributed by atoms with E-state index in [1.165, 1.54) is 57.8 Å². The van der Waals surface area contributed by atoms with E-state index < -0.39 is 5.60 Å². The molecule has 10 heteroatoms. The number of likely N-dealkylation sites (tertiary alicyclic amines) is 1. The van der Waals surface area contributed by atoms with Crippen LogP contribution in [0.4, 0.5) is 22.2 Å². The molecule has 1 aliphatic heterocycles. The lowest BCUT2D eigenvalue weighted by molar-refractivity contribution is 0.0206. The van der Waals surface area contributed by atoms with Crippen LogP contribution in [0, 0.1) is 5.41 Å². The number of amides is 1. The van der Waals surface area contributed by atoms with Gasteiger partial charge in [0, 0.05) is 38.1 Å². The van der Waals surface area contributed by atoms with Crippen LogP contribution in [0.3, 0.4) is 0 Å². The van der Waals surface area contributed by atoms with Crippen molar-refractivity contribution in [1.82, 2.24) is 24.4 Å².